The molecular formula is C17H19Cl2N. The molecular weight excluding hydrogens is 289 g/mol. The second kappa shape index (κ2) is 6.17. The van der Waals surface area contributed by atoms with Crippen molar-refractivity contribution < 1.29 is 0 Å². The molecule has 1 unspecified atom stereocenters. The Balaban J connectivity index is 2.31. The average molecular weight is 308 g/mol. The lowest BCUT2D eigenvalue weighted by atomic mass is 9.91. The number of nitrogens with two attached hydrogens (primary N) is 1. The third-order valence-corrected chi connectivity index (χ3v) is 4.15. The molecule has 0 amide bonds. The van der Waals surface area contributed by atoms with Crippen LogP contribution in [0.4, 0.5) is 0 Å². The van der Waals surface area contributed by atoms with Gasteiger partial charge in [-0.2, -0.15) is 0 Å². The number of aryl methyl sites for hydroxylation is 3. The van der Waals surface area contributed by atoms with Crippen molar-refractivity contribution in [2.45, 2.75) is 33.2 Å². The van der Waals surface area contributed by atoms with Gasteiger partial charge in [0.15, 0.2) is 0 Å². The first kappa shape index (κ1) is 15.4. The molecule has 2 aromatic rings. The fraction of sp³-hybridized carbons (Fsp3) is 0.294. The van der Waals surface area contributed by atoms with E-state index in [0.717, 1.165) is 5.56 Å². The number of rotatable bonds is 3. The molecule has 0 bridgehead atoms. The Hall–Kier alpha value is -1.02. The molecule has 0 heterocycles. The minimum Gasteiger partial charge on any atom is -0.324 e. The molecule has 0 saturated carbocycles. The molecule has 0 spiro atoms. The summed E-state index contributed by atoms with van der Waals surface area (Å²) in [6.07, 6.45) is 0.709. The summed E-state index contributed by atoms with van der Waals surface area (Å²) in [5.41, 5.74) is 12.4. The average Bonchev–Trinajstić information content (AvgIpc) is 2.31. The SMILES string of the molecule is Cc1cc(C)c(C(N)Cc2ccc(Cl)cc2Cl)c(C)c1. The number of halogens is 2. The van der Waals surface area contributed by atoms with Crippen molar-refractivity contribution >= 4 is 23.2 Å². The first-order valence-electron chi connectivity index (χ1n) is 6.65. The fourth-order valence-electron chi connectivity index (χ4n) is 2.80. The van der Waals surface area contributed by atoms with Crippen LogP contribution < -0.4 is 5.73 Å². The highest BCUT2D eigenvalue weighted by atomic mass is 35.5. The molecule has 20 heavy (non-hydrogen) atoms. The molecule has 2 rings (SSSR count). The van der Waals surface area contributed by atoms with E-state index in [9.17, 15) is 0 Å². The van der Waals surface area contributed by atoms with E-state index in [0.29, 0.717) is 16.5 Å². The van der Waals surface area contributed by atoms with Gasteiger partial charge in [0.05, 0.1) is 0 Å². The van der Waals surface area contributed by atoms with Crippen LogP contribution in [0, 0.1) is 20.8 Å². The Kier molecular flexibility index (Phi) is 4.74. The van der Waals surface area contributed by atoms with Gasteiger partial charge in [0.25, 0.3) is 0 Å². The molecule has 0 aliphatic heterocycles. The highest BCUT2D eigenvalue weighted by Gasteiger charge is 2.14. The van der Waals surface area contributed by atoms with E-state index in [-0.39, 0.29) is 6.04 Å². The summed E-state index contributed by atoms with van der Waals surface area (Å²) in [5, 5.41) is 1.32. The molecule has 106 valence electrons. The summed E-state index contributed by atoms with van der Waals surface area (Å²) >= 11 is 12.1. The van der Waals surface area contributed by atoms with E-state index in [2.05, 4.69) is 32.9 Å². The maximum atomic E-state index is 6.39. The number of hydrogen-bond acceptors (Lipinski definition) is 1. The normalized spacial score (nSPS) is 12.5. The Morgan fingerprint density at radius 1 is 1.00 bits per heavy atom. The van der Waals surface area contributed by atoms with Crippen molar-refractivity contribution in [3.05, 3.63) is 68.2 Å². The van der Waals surface area contributed by atoms with E-state index in [1.165, 1.54) is 22.3 Å². The summed E-state index contributed by atoms with van der Waals surface area (Å²) < 4.78 is 0. The van der Waals surface area contributed by atoms with E-state index < -0.39 is 0 Å². The highest BCUT2D eigenvalue weighted by molar-refractivity contribution is 6.35. The molecule has 2 N–H and O–H groups in total. The largest absolute Gasteiger partial charge is 0.324 e. The van der Waals surface area contributed by atoms with Crippen LogP contribution in [-0.4, -0.2) is 0 Å². The number of hydrogen-bond donors (Lipinski definition) is 1. The molecule has 3 heteroatoms. The van der Waals surface area contributed by atoms with Gasteiger partial charge in [-0.15, -0.1) is 0 Å². The van der Waals surface area contributed by atoms with Crippen LogP contribution in [0.25, 0.3) is 0 Å². The van der Waals surface area contributed by atoms with Crippen molar-refractivity contribution in [1.82, 2.24) is 0 Å². The lowest BCUT2D eigenvalue weighted by Gasteiger charge is -2.19. The Morgan fingerprint density at radius 3 is 2.15 bits per heavy atom. The number of benzene rings is 2. The Morgan fingerprint density at radius 2 is 1.60 bits per heavy atom. The maximum Gasteiger partial charge on any atom is 0.0453 e. The minimum absolute atomic E-state index is 0.0609. The third-order valence-electron chi connectivity index (χ3n) is 3.56. The van der Waals surface area contributed by atoms with Gasteiger partial charge < -0.3 is 5.73 Å². The predicted octanol–water partition coefficient (Wildman–Crippen LogP) is 5.16. The van der Waals surface area contributed by atoms with Crippen LogP contribution >= 0.6 is 23.2 Å². The van der Waals surface area contributed by atoms with Crippen molar-refractivity contribution in [3.63, 3.8) is 0 Å². The summed E-state index contributed by atoms with van der Waals surface area (Å²) in [6, 6.07) is 9.85. The van der Waals surface area contributed by atoms with Crippen molar-refractivity contribution in [1.29, 1.82) is 0 Å². The van der Waals surface area contributed by atoms with Crippen molar-refractivity contribution in [2.75, 3.05) is 0 Å². The van der Waals surface area contributed by atoms with Crippen molar-refractivity contribution in [3.8, 4) is 0 Å². The van der Waals surface area contributed by atoms with Crippen molar-refractivity contribution in [2.24, 2.45) is 5.73 Å². The monoisotopic (exact) mass is 307 g/mol. The van der Waals surface area contributed by atoms with Gasteiger partial charge in [-0.1, -0.05) is 47.0 Å². The molecule has 2 aromatic carbocycles. The van der Waals surface area contributed by atoms with Crippen LogP contribution in [0.5, 0.6) is 0 Å². The second-order valence-corrected chi connectivity index (χ2v) is 6.20. The standard InChI is InChI=1S/C17H19Cl2N/c1-10-6-11(2)17(12(3)7-10)16(20)8-13-4-5-14(18)9-15(13)19/h4-7,9,16H,8,20H2,1-3H3. The zero-order valence-electron chi connectivity index (χ0n) is 12.0. The molecule has 0 fully saturated rings. The van der Waals surface area contributed by atoms with E-state index in [1.807, 2.05) is 12.1 Å². The maximum absolute atomic E-state index is 6.39. The van der Waals surface area contributed by atoms with Crippen LogP contribution in [0.15, 0.2) is 30.3 Å². The van der Waals surface area contributed by atoms with Gasteiger partial charge in [-0.3, -0.25) is 0 Å². The summed E-state index contributed by atoms with van der Waals surface area (Å²) in [4.78, 5) is 0. The van der Waals surface area contributed by atoms with Crippen LogP contribution in [0.2, 0.25) is 10.0 Å². The van der Waals surface area contributed by atoms with Gasteiger partial charge in [0, 0.05) is 16.1 Å². The first-order chi connectivity index (χ1) is 9.38. The second-order valence-electron chi connectivity index (χ2n) is 5.36. The molecule has 0 saturated heterocycles. The van der Waals surface area contributed by atoms with Crippen LogP contribution in [0.1, 0.15) is 33.9 Å². The molecule has 0 aliphatic rings. The van der Waals surface area contributed by atoms with Crippen LogP contribution in [0.3, 0.4) is 0 Å². The Bertz CT molecular complexity index is 612. The molecule has 0 radical (unpaired) electrons. The molecule has 0 aliphatic carbocycles. The van der Waals surface area contributed by atoms with Gasteiger partial charge in [0.2, 0.25) is 0 Å². The van der Waals surface area contributed by atoms with E-state index in [4.69, 9.17) is 28.9 Å². The van der Waals surface area contributed by atoms with Gasteiger partial charge >= 0.3 is 0 Å². The minimum atomic E-state index is -0.0609. The first-order valence-corrected chi connectivity index (χ1v) is 7.41. The van der Waals surface area contributed by atoms with Gasteiger partial charge in [0.1, 0.15) is 0 Å². The molecule has 1 nitrogen and oxygen atoms in total. The third kappa shape index (κ3) is 3.35. The highest BCUT2D eigenvalue weighted by Crippen LogP contribution is 2.28. The van der Waals surface area contributed by atoms with E-state index in [1.54, 1.807) is 6.07 Å². The molecule has 1 atom stereocenters. The lowest BCUT2D eigenvalue weighted by Crippen LogP contribution is -2.16. The Labute approximate surface area is 130 Å². The summed E-state index contributed by atoms with van der Waals surface area (Å²) in [7, 11) is 0. The van der Waals surface area contributed by atoms with Gasteiger partial charge in [-0.05, 0) is 61.6 Å². The topological polar surface area (TPSA) is 26.0 Å². The van der Waals surface area contributed by atoms with Gasteiger partial charge in [-0.25, -0.2) is 0 Å². The smallest absolute Gasteiger partial charge is 0.0453 e. The summed E-state index contributed by atoms with van der Waals surface area (Å²) in [6.45, 7) is 6.32. The lowest BCUT2D eigenvalue weighted by molar-refractivity contribution is 0.711. The zero-order chi connectivity index (χ0) is 14.9. The predicted molar refractivity (Wildman–Crippen MR) is 87.7 cm³/mol. The fourth-order valence-corrected chi connectivity index (χ4v) is 3.29. The molecule has 0 aromatic heterocycles. The van der Waals surface area contributed by atoms with Crippen LogP contribution in [-0.2, 0) is 6.42 Å². The van der Waals surface area contributed by atoms with E-state index >= 15 is 0 Å². The summed E-state index contributed by atoms with van der Waals surface area (Å²) in [5.74, 6) is 0. The quantitative estimate of drug-likeness (QED) is 0.832. The zero-order valence-corrected chi connectivity index (χ0v) is 13.5.